The van der Waals surface area contributed by atoms with Gasteiger partial charge in [-0.25, -0.2) is 4.98 Å². The fourth-order valence-corrected chi connectivity index (χ4v) is 3.45. The largest absolute Gasteiger partial charge is 0.342 e. The van der Waals surface area contributed by atoms with Crippen LogP contribution in [0.1, 0.15) is 42.4 Å². The van der Waals surface area contributed by atoms with Crippen molar-refractivity contribution in [3.63, 3.8) is 0 Å². The molecule has 0 aromatic carbocycles. The third kappa shape index (κ3) is 3.46. The van der Waals surface area contributed by atoms with Crippen LogP contribution in [0.25, 0.3) is 0 Å². The number of carbonyl (C=O) groups excluding carboxylic acids is 1. The molecule has 0 atom stereocenters. The maximum absolute atomic E-state index is 12.4. The molecule has 6 heteroatoms. The lowest BCUT2D eigenvalue weighted by Crippen LogP contribution is -2.39. The second-order valence-corrected chi connectivity index (χ2v) is 6.46. The normalized spacial score (nSPS) is 16.0. The molecule has 0 unspecified atom stereocenters. The quantitative estimate of drug-likeness (QED) is 0.869. The van der Waals surface area contributed by atoms with Crippen LogP contribution in [0.5, 0.6) is 0 Å². The van der Waals surface area contributed by atoms with Crippen LogP contribution in [0, 0.1) is 20.8 Å². The minimum atomic E-state index is 0.232. The van der Waals surface area contributed by atoms with Gasteiger partial charge >= 0.3 is 0 Å². The van der Waals surface area contributed by atoms with Gasteiger partial charge in [0.15, 0.2) is 0 Å². The lowest BCUT2D eigenvalue weighted by atomic mass is 10.0. The summed E-state index contributed by atoms with van der Waals surface area (Å²) in [6.07, 6.45) is 8.26. The van der Waals surface area contributed by atoms with E-state index in [1.54, 1.807) is 0 Å². The molecule has 6 nitrogen and oxygen atoms in total. The number of amides is 1. The van der Waals surface area contributed by atoms with Crippen molar-refractivity contribution >= 4 is 5.91 Å². The molecule has 1 fully saturated rings. The fraction of sp³-hybridized carbons (Fsp3) is 0.588. The Labute approximate surface area is 137 Å². The van der Waals surface area contributed by atoms with E-state index in [4.69, 9.17) is 0 Å². The number of nitrogens with zero attached hydrogens (tertiary/aromatic N) is 5. The molecule has 0 N–H and O–H groups in total. The zero-order chi connectivity index (χ0) is 16.4. The van der Waals surface area contributed by atoms with E-state index in [1.165, 1.54) is 5.69 Å². The van der Waals surface area contributed by atoms with Crippen molar-refractivity contribution in [3.8, 4) is 0 Å². The average molecular weight is 315 g/mol. The third-order valence-electron chi connectivity index (χ3n) is 4.67. The first kappa shape index (κ1) is 15.8. The molecule has 2 aromatic rings. The molecule has 1 aliphatic rings. The molecule has 23 heavy (non-hydrogen) atoms. The lowest BCUT2D eigenvalue weighted by molar-refractivity contribution is -0.132. The molecule has 3 rings (SSSR count). The Hall–Kier alpha value is -2.11. The van der Waals surface area contributed by atoms with Crippen LogP contribution in [-0.2, 0) is 11.3 Å². The van der Waals surface area contributed by atoms with Crippen molar-refractivity contribution in [2.24, 2.45) is 0 Å². The van der Waals surface area contributed by atoms with Gasteiger partial charge < -0.3 is 9.47 Å². The van der Waals surface area contributed by atoms with Crippen molar-refractivity contribution in [3.05, 3.63) is 35.7 Å². The van der Waals surface area contributed by atoms with Gasteiger partial charge in [0.25, 0.3) is 0 Å². The molecule has 0 saturated carbocycles. The minimum Gasteiger partial charge on any atom is -0.342 e. The van der Waals surface area contributed by atoms with Gasteiger partial charge in [-0.05, 0) is 39.2 Å². The second kappa shape index (κ2) is 6.56. The van der Waals surface area contributed by atoms with Gasteiger partial charge in [0.2, 0.25) is 5.91 Å². The minimum absolute atomic E-state index is 0.232. The predicted octanol–water partition coefficient (Wildman–Crippen LogP) is 2.26. The SMILES string of the molecule is Cc1cnn(CCC(=O)N2CCC(n3c(C)cnc3C)CC2)c1. The first-order valence-electron chi connectivity index (χ1n) is 8.32. The van der Waals surface area contributed by atoms with Crippen LogP contribution in [0.3, 0.4) is 0 Å². The summed E-state index contributed by atoms with van der Waals surface area (Å²) in [6.45, 7) is 8.49. The number of piperidine rings is 1. The van der Waals surface area contributed by atoms with E-state index in [0.29, 0.717) is 19.0 Å². The van der Waals surface area contributed by atoms with Crippen molar-refractivity contribution in [2.45, 2.75) is 52.6 Å². The molecule has 1 amide bonds. The first-order valence-corrected chi connectivity index (χ1v) is 8.32. The van der Waals surface area contributed by atoms with Crippen molar-refractivity contribution < 1.29 is 4.79 Å². The number of hydrogen-bond acceptors (Lipinski definition) is 3. The molecule has 2 aromatic heterocycles. The molecule has 1 aliphatic heterocycles. The number of carbonyl (C=O) groups is 1. The van der Waals surface area contributed by atoms with Crippen LogP contribution in [0.2, 0.25) is 0 Å². The molecule has 0 radical (unpaired) electrons. The van der Waals surface area contributed by atoms with Crippen molar-refractivity contribution in [2.75, 3.05) is 13.1 Å². The van der Waals surface area contributed by atoms with E-state index in [1.807, 2.05) is 35.1 Å². The van der Waals surface area contributed by atoms with Gasteiger partial charge in [0.05, 0.1) is 6.20 Å². The molecule has 3 heterocycles. The third-order valence-corrected chi connectivity index (χ3v) is 4.67. The molecule has 0 aliphatic carbocycles. The Morgan fingerprint density at radius 2 is 1.96 bits per heavy atom. The highest BCUT2D eigenvalue weighted by Gasteiger charge is 2.25. The zero-order valence-electron chi connectivity index (χ0n) is 14.2. The summed E-state index contributed by atoms with van der Waals surface area (Å²) in [6, 6.07) is 0.468. The second-order valence-electron chi connectivity index (χ2n) is 6.46. The van der Waals surface area contributed by atoms with E-state index in [2.05, 4.69) is 28.5 Å². The van der Waals surface area contributed by atoms with Crippen LogP contribution in [-0.4, -0.2) is 43.2 Å². The number of hydrogen-bond donors (Lipinski definition) is 0. The fourth-order valence-electron chi connectivity index (χ4n) is 3.45. The summed E-state index contributed by atoms with van der Waals surface area (Å²) in [5.74, 6) is 1.30. The summed E-state index contributed by atoms with van der Waals surface area (Å²) in [5.41, 5.74) is 2.34. The van der Waals surface area contributed by atoms with Crippen LogP contribution >= 0.6 is 0 Å². The summed E-state index contributed by atoms with van der Waals surface area (Å²) >= 11 is 0. The monoisotopic (exact) mass is 315 g/mol. The number of imidazole rings is 1. The summed E-state index contributed by atoms with van der Waals surface area (Å²) < 4.78 is 4.16. The Morgan fingerprint density at radius 3 is 2.52 bits per heavy atom. The van der Waals surface area contributed by atoms with E-state index < -0.39 is 0 Å². The van der Waals surface area contributed by atoms with Crippen LogP contribution in [0.4, 0.5) is 0 Å². The lowest BCUT2D eigenvalue weighted by Gasteiger charge is -2.33. The summed E-state index contributed by atoms with van der Waals surface area (Å²) in [5, 5.41) is 4.23. The predicted molar refractivity (Wildman–Crippen MR) is 88.1 cm³/mol. The summed E-state index contributed by atoms with van der Waals surface area (Å²) in [4.78, 5) is 18.7. The van der Waals surface area contributed by atoms with Gasteiger partial charge in [-0.3, -0.25) is 9.48 Å². The highest BCUT2D eigenvalue weighted by atomic mass is 16.2. The topological polar surface area (TPSA) is 56.0 Å². The Morgan fingerprint density at radius 1 is 1.22 bits per heavy atom. The summed E-state index contributed by atoms with van der Waals surface area (Å²) in [7, 11) is 0. The number of aromatic nitrogens is 4. The maximum Gasteiger partial charge on any atom is 0.224 e. The van der Waals surface area contributed by atoms with Gasteiger partial charge in [-0.1, -0.05) is 0 Å². The van der Waals surface area contributed by atoms with E-state index in [9.17, 15) is 4.79 Å². The Balaban J connectivity index is 1.51. The van der Waals surface area contributed by atoms with Gasteiger partial charge in [-0.2, -0.15) is 5.10 Å². The number of rotatable bonds is 4. The van der Waals surface area contributed by atoms with Gasteiger partial charge in [0.1, 0.15) is 5.82 Å². The average Bonchev–Trinajstić information content (AvgIpc) is 3.11. The molecule has 1 saturated heterocycles. The Kier molecular flexibility index (Phi) is 4.50. The van der Waals surface area contributed by atoms with Crippen molar-refractivity contribution in [1.29, 1.82) is 0 Å². The Bertz CT molecular complexity index is 659. The molecule has 0 spiro atoms. The number of likely N-dealkylation sites (tertiary alicyclic amines) is 1. The molecule has 124 valence electrons. The number of aryl methyl sites for hydroxylation is 4. The van der Waals surface area contributed by atoms with E-state index >= 15 is 0 Å². The van der Waals surface area contributed by atoms with Gasteiger partial charge in [-0.15, -0.1) is 0 Å². The van der Waals surface area contributed by atoms with E-state index in [0.717, 1.165) is 37.3 Å². The molecule has 0 bridgehead atoms. The smallest absolute Gasteiger partial charge is 0.224 e. The maximum atomic E-state index is 12.4. The first-order chi connectivity index (χ1) is 11.0. The van der Waals surface area contributed by atoms with Crippen LogP contribution < -0.4 is 0 Å². The van der Waals surface area contributed by atoms with Gasteiger partial charge in [0, 0.05) is 50.2 Å². The van der Waals surface area contributed by atoms with E-state index in [-0.39, 0.29) is 5.91 Å². The van der Waals surface area contributed by atoms with Crippen molar-refractivity contribution in [1.82, 2.24) is 24.2 Å². The highest BCUT2D eigenvalue weighted by molar-refractivity contribution is 5.76. The highest BCUT2D eigenvalue weighted by Crippen LogP contribution is 2.25. The standard InChI is InChI=1S/C17H25N5O/c1-13-10-19-21(12-13)9-6-17(23)20-7-4-16(5-8-20)22-14(2)11-18-15(22)3/h10-12,16H,4-9H2,1-3H3. The molecular formula is C17H25N5O. The van der Waals surface area contributed by atoms with Crippen LogP contribution in [0.15, 0.2) is 18.6 Å². The zero-order valence-corrected chi connectivity index (χ0v) is 14.2. The molecular weight excluding hydrogens is 290 g/mol.